The third-order valence-electron chi connectivity index (χ3n) is 7.06. The van der Waals surface area contributed by atoms with E-state index >= 15 is 0 Å². The number of hydrogen-bond donors (Lipinski definition) is 1. The zero-order valence-corrected chi connectivity index (χ0v) is 19.1. The molecule has 0 saturated carbocycles. The van der Waals surface area contributed by atoms with Crippen molar-refractivity contribution in [3.63, 3.8) is 0 Å². The van der Waals surface area contributed by atoms with Crippen LogP contribution in [0, 0.1) is 0 Å². The molecule has 0 bridgehead atoms. The standard InChI is InChI=1S/C27H35NO3/c1-4-24(30-21-16-15-19-11-7-8-12-20(19)17-21)26(29)28-23-18-27(5-2,6-3)31-25-14-10-9-13-22(23)25/h9-10,13-17,23-24H,4-8,11-12,18H2,1-3H3,(H,28,29)/t23-,24-/m1/s1. The van der Waals surface area contributed by atoms with Gasteiger partial charge < -0.3 is 14.8 Å². The highest BCUT2D eigenvalue weighted by Crippen LogP contribution is 2.42. The Labute approximate surface area is 186 Å². The molecule has 0 unspecified atom stereocenters. The Morgan fingerprint density at radius 3 is 2.58 bits per heavy atom. The van der Waals surface area contributed by atoms with E-state index in [1.807, 2.05) is 31.2 Å². The van der Waals surface area contributed by atoms with Crippen molar-refractivity contribution in [3.05, 3.63) is 59.2 Å². The molecular formula is C27H35NO3. The molecule has 166 valence electrons. The average molecular weight is 422 g/mol. The van der Waals surface area contributed by atoms with Gasteiger partial charge in [0.2, 0.25) is 0 Å². The molecule has 4 nitrogen and oxygen atoms in total. The van der Waals surface area contributed by atoms with Crippen molar-refractivity contribution in [3.8, 4) is 11.5 Å². The van der Waals surface area contributed by atoms with E-state index < -0.39 is 6.10 Å². The number of aryl methyl sites for hydroxylation is 2. The number of hydrogen-bond acceptors (Lipinski definition) is 3. The molecule has 1 aliphatic heterocycles. The third kappa shape index (κ3) is 4.58. The van der Waals surface area contributed by atoms with Crippen molar-refractivity contribution in [2.75, 3.05) is 0 Å². The van der Waals surface area contributed by atoms with Gasteiger partial charge in [-0.2, -0.15) is 0 Å². The van der Waals surface area contributed by atoms with Gasteiger partial charge in [0, 0.05) is 12.0 Å². The van der Waals surface area contributed by atoms with Crippen LogP contribution in [0.15, 0.2) is 42.5 Å². The van der Waals surface area contributed by atoms with Crippen LogP contribution in [-0.4, -0.2) is 17.6 Å². The summed E-state index contributed by atoms with van der Waals surface area (Å²) in [4.78, 5) is 13.3. The van der Waals surface area contributed by atoms with Crippen molar-refractivity contribution in [1.29, 1.82) is 0 Å². The van der Waals surface area contributed by atoms with Crippen LogP contribution < -0.4 is 14.8 Å². The van der Waals surface area contributed by atoms with Crippen molar-refractivity contribution in [2.45, 2.75) is 89.9 Å². The van der Waals surface area contributed by atoms with Gasteiger partial charge in [-0.3, -0.25) is 4.79 Å². The Hall–Kier alpha value is -2.49. The first-order valence-corrected chi connectivity index (χ1v) is 11.9. The zero-order valence-electron chi connectivity index (χ0n) is 19.1. The highest BCUT2D eigenvalue weighted by molar-refractivity contribution is 5.81. The Morgan fingerprint density at radius 2 is 1.84 bits per heavy atom. The molecule has 0 saturated heterocycles. The van der Waals surface area contributed by atoms with Gasteiger partial charge in [-0.05, 0) is 74.3 Å². The lowest BCUT2D eigenvalue weighted by Crippen LogP contribution is -2.47. The molecular weight excluding hydrogens is 386 g/mol. The van der Waals surface area contributed by atoms with Crippen molar-refractivity contribution in [2.24, 2.45) is 0 Å². The van der Waals surface area contributed by atoms with Gasteiger partial charge >= 0.3 is 0 Å². The van der Waals surface area contributed by atoms with E-state index in [1.165, 1.54) is 24.0 Å². The van der Waals surface area contributed by atoms with Gasteiger partial charge in [-0.1, -0.05) is 45.0 Å². The van der Waals surface area contributed by atoms with E-state index in [2.05, 4.69) is 37.4 Å². The normalized spacial score (nSPS) is 20.0. The minimum absolute atomic E-state index is 0.0528. The van der Waals surface area contributed by atoms with Crippen LogP contribution >= 0.6 is 0 Å². The van der Waals surface area contributed by atoms with E-state index in [9.17, 15) is 4.79 Å². The SMILES string of the molecule is CC[C@@H](Oc1ccc2c(c1)CCCC2)C(=O)N[C@@H]1CC(CC)(CC)Oc2ccccc21. The van der Waals surface area contributed by atoms with Crippen molar-refractivity contribution >= 4 is 5.91 Å². The maximum atomic E-state index is 13.3. The lowest BCUT2D eigenvalue weighted by Gasteiger charge is -2.42. The summed E-state index contributed by atoms with van der Waals surface area (Å²) >= 11 is 0. The highest BCUT2D eigenvalue weighted by atomic mass is 16.5. The Bertz CT molecular complexity index is 918. The molecule has 0 aromatic heterocycles. The predicted molar refractivity (Wildman–Crippen MR) is 124 cm³/mol. The Kier molecular flexibility index (Phi) is 6.54. The molecule has 4 heteroatoms. The first kappa shape index (κ1) is 21.7. The van der Waals surface area contributed by atoms with Gasteiger partial charge in [-0.15, -0.1) is 0 Å². The fourth-order valence-corrected chi connectivity index (χ4v) is 4.96. The molecule has 31 heavy (non-hydrogen) atoms. The summed E-state index contributed by atoms with van der Waals surface area (Å²) in [7, 11) is 0. The van der Waals surface area contributed by atoms with Crippen LogP contribution in [-0.2, 0) is 17.6 Å². The molecule has 2 aliphatic rings. The molecule has 0 radical (unpaired) electrons. The van der Waals surface area contributed by atoms with Gasteiger partial charge in [-0.25, -0.2) is 0 Å². The number of carbonyl (C=O) groups excluding carboxylic acids is 1. The van der Waals surface area contributed by atoms with Gasteiger partial charge in [0.25, 0.3) is 5.91 Å². The number of ether oxygens (including phenoxy) is 2. The van der Waals surface area contributed by atoms with Crippen LogP contribution in [0.2, 0.25) is 0 Å². The molecule has 0 spiro atoms. The second-order valence-electron chi connectivity index (χ2n) is 8.95. The summed E-state index contributed by atoms with van der Waals surface area (Å²) in [6, 6.07) is 14.3. The molecule has 2 aromatic carbocycles. The highest BCUT2D eigenvalue weighted by Gasteiger charge is 2.39. The summed E-state index contributed by atoms with van der Waals surface area (Å²) in [6.07, 6.45) is 7.45. The molecule has 0 fully saturated rings. The Morgan fingerprint density at radius 1 is 1.10 bits per heavy atom. The van der Waals surface area contributed by atoms with E-state index in [-0.39, 0.29) is 17.6 Å². The predicted octanol–water partition coefficient (Wildman–Crippen LogP) is 5.92. The van der Waals surface area contributed by atoms with Gasteiger partial charge in [0.05, 0.1) is 6.04 Å². The summed E-state index contributed by atoms with van der Waals surface area (Å²) in [6.45, 7) is 6.32. The first-order chi connectivity index (χ1) is 15.1. The van der Waals surface area contributed by atoms with E-state index in [4.69, 9.17) is 9.47 Å². The fraction of sp³-hybridized carbons (Fsp3) is 0.519. The summed E-state index contributed by atoms with van der Waals surface area (Å²) in [5.41, 5.74) is 3.60. The van der Waals surface area contributed by atoms with E-state index in [0.717, 1.165) is 49.2 Å². The van der Waals surface area contributed by atoms with Crippen LogP contribution in [0.4, 0.5) is 0 Å². The maximum Gasteiger partial charge on any atom is 0.261 e. The van der Waals surface area contributed by atoms with Crippen LogP contribution in [0.1, 0.15) is 82.0 Å². The number of benzene rings is 2. The van der Waals surface area contributed by atoms with Gasteiger partial charge in [0.15, 0.2) is 6.10 Å². The van der Waals surface area contributed by atoms with E-state index in [0.29, 0.717) is 6.42 Å². The molecule has 2 aromatic rings. The number of para-hydroxylation sites is 1. The molecule has 2 atom stereocenters. The summed E-state index contributed by atoms with van der Waals surface area (Å²) in [5, 5.41) is 3.29. The van der Waals surface area contributed by atoms with Crippen LogP contribution in [0.3, 0.4) is 0 Å². The second kappa shape index (κ2) is 9.33. The van der Waals surface area contributed by atoms with Crippen LogP contribution in [0.25, 0.3) is 0 Å². The number of rotatable bonds is 7. The average Bonchev–Trinajstić information content (AvgIpc) is 2.82. The summed E-state index contributed by atoms with van der Waals surface area (Å²) < 4.78 is 12.6. The number of carbonyl (C=O) groups is 1. The number of amides is 1. The van der Waals surface area contributed by atoms with Gasteiger partial charge in [0.1, 0.15) is 17.1 Å². The van der Waals surface area contributed by atoms with Crippen molar-refractivity contribution < 1.29 is 14.3 Å². The second-order valence-corrected chi connectivity index (χ2v) is 8.95. The molecule has 1 heterocycles. The molecule has 4 rings (SSSR count). The third-order valence-corrected chi connectivity index (χ3v) is 7.06. The topological polar surface area (TPSA) is 47.6 Å². The monoisotopic (exact) mass is 421 g/mol. The van der Waals surface area contributed by atoms with Crippen molar-refractivity contribution in [1.82, 2.24) is 5.32 Å². The summed E-state index contributed by atoms with van der Waals surface area (Å²) in [5.74, 6) is 1.63. The zero-order chi connectivity index (χ0) is 21.8. The molecule has 1 aliphatic carbocycles. The smallest absolute Gasteiger partial charge is 0.261 e. The lowest BCUT2D eigenvalue weighted by molar-refractivity contribution is -0.129. The van der Waals surface area contributed by atoms with Crippen LogP contribution in [0.5, 0.6) is 11.5 Å². The molecule has 1 N–H and O–H groups in total. The number of nitrogens with one attached hydrogen (secondary N) is 1. The number of fused-ring (bicyclic) bond motifs is 2. The molecule has 1 amide bonds. The van der Waals surface area contributed by atoms with E-state index in [1.54, 1.807) is 0 Å². The maximum absolute atomic E-state index is 13.3. The largest absolute Gasteiger partial charge is 0.487 e. The fourth-order valence-electron chi connectivity index (χ4n) is 4.96. The minimum Gasteiger partial charge on any atom is -0.487 e. The lowest BCUT2D eigenvalue weighted by atomic mass is 9.83. The quantitative estimate of drug-likeness (QED) is 0.603. The Balaban J connectivity index is 1.50. The first-order valence-electron chi connectivity index (χ1n) is 11.9. The minimum atomic E-state index is -0.505.